The molecular formula is C28H31N7O6S. The van der Waals surface area contributed by atoms with E-state index in [1.165, 1.54) is 17.1 Å². The minimum Gasteiger partial charge on any atom is -0.477 e. The molecule has 0 unspecified atom stereocenters. The highest BCUT2D eigenvalue weighted by Gasteiger charge is 2.34. The fourth-order valence-electron chi connectivity index (χ4n) is 4.72. The second-order valence-corrected chi connectivity index (χ2v) is 10.8. The molecule has 42 heavy (non-hydrogen) atoms. The molecular weight excluding hydrogens is 562 g/mol. The van der Waals surface area contributed by atoms with Crippen molar-refractivity contribution in [3.05, 3.63) is 64.0 Å². The number of anilines is 2. The molecule has 1 fully saturated rings. The third kappa shape index (κ3) is 6.15. The van der Waals surface area contributed by atoms with Crippen molar-refractivity contribution in [3.63, 3.8) is 0 Å². The first-order chi connectivity index (χ1) is 20.3. The number of fused-ring (bicyclic) bond motifs is 1. The second-order valence-electron chi connectivity index (χ2n) is 10.0. The Morgan fingerprint density at radius 3 is 2.67 bits per heavy atom. The maximum atomic E-state index is 13.0. The normalized spacial score (nSPS) is 13.4. The number of carbonyl (C=O) groups is 2. The van der Waals surface area contributed by atoms with Crippen molar-refractivity contribution < 1.29 is 24.2 Å². The number of likely N-dealkylation sites (N-methyl/N-ethyl adjacent to an activating group) is 1. The lowest BCUT2D eigenvalue weighted by molar-refractivity contribution is -0.123. The smallest absolute Gasteiger partial charge is 0.341 e. The van der Waals surface area contributed by atoms with Crippen molar-refractivity contribution in [1.29, 1.82) is 0 Å². The Morgan fingerprint density at radius 1 is 1.19 bits per heavy atom. The van der Waals surface area contributed by atoms with Gasteiger partial charge in [0.25, 0.3) is 0 Å². The maximum Gasteiger partial charge on any atom is 0.341 e. The van der Waals surface area contributed by atoms with E-state index in [9.17, 15) is 19.5 Å². The van der Waals surface area contributed by atoms with Crippen LogP contribution in [0.5, 0.6) is 0 Å². The van der Waals surface area contributed by atoms with E-state index >= 15 is 0 Å². The van der Waals surface area contributed by atoms with E-state index in [0.29, 0.717) is 67.3 Å². The van der Waals surface area contributed by atoms with Crippen LogP contribution in [-0.2, 0) is 20.7 Å². The highest BCUT2D eigenvalue weighted by atomic mass is 32.1. The predicted molar refractivity (Wildman–Crippen MR) is 157 cm³/mol. The Bertz CT molecular complexity index is 1640. The van der Waals surface area contributed by atoms with Crippen molar-refractivity contribution in [1.82, 2.24) is 23.9 Å². The number of aromatic carboxylic acids is 1. The first kappa shape index (κ1) is 29.2. The van der Waals surface area contributed by atoms with Gasteiger partial charge < -0.3 is 24.4 Å². The highest BCUT2D eigenvalue weighted by Crippen LogP contribution is 2.29. The molecule has 0 spiro atoms. The van der Waals surface area contributed by atoms with E-state index in [1.807, 2.05) is 29.0 Å². The number of pyridine rings is 3. The van der Waals surface area contributed by atoms with Gasteiger partial charge in [0.2, 0.25) is 10.6 Å². The summed E-state index contributed by atoms with van der Waals surface area (Å²) in [4.78, 5) is 55.1. The molecule has 0 radical (unpaired) electrons. The van der Waals surface area contributed by atoms with Crippen LogP contribution < -0.4 is 15.2 Å². The fraction of sp³-hybridized carbons (Fsp3) is 0.393. The average molecular weight is 594 g/mol. The fourth-order valence-corrected chi connectivity index (χ4v) is 5.23. The Hall–Kier alpha value is -4.27. The van der Waals surface area contributed by atoms with Gasteiger partial charge in [0.1, 0.15) is 23.5 Å². The Balaban J connectivity index is 1.24. The number of carbonyl (C=O) groups excluding carboxylic acids is 1. The Labute approximate surface area is 245 Å². The van der Waals surface area contributed by atoms with E-state index in [-0.39, 0.29) is 29.1 Å². The summed E-state index contributed by atoms with van der Waals surface area (Å²) in [6.45, 7) is 5.11. The van der Waals surface area contributed by atoms with Crippen LogP contribution in [0, 0.1) is 12.8 Å². The minimum atomic E-state index is -1.33. The number of aromatic nitrogens is 5. The third-order valence-corrected chi connectivity index (χ3v) is 7.86. The monoisotopic (exact) mass is 593 g/mol. The highest BCUT2D eigenvalue weighted by molar-refractivity contribution is 7.08. The largest absolute Gasteiger partial charge is 0.477 e. The summed E-state index contributed by atoms with van der Waals surface area (Å²) in [6.07, 6.45) is 4.59. The lowest BCUT2D eigenvalue weighted by Crippen LogP contribution is -2.51. The van der Waals surface area contributed by atoms with Gasteiger partial charge in [-0.05, 0) is 30.7 Å². The second kappa shape index (κ2) is 12.7. The molecule has 5 heterocycles. The molecule has 14 heteroatoms. The first-order valence-electron chi connectivity index (χ1n) is 13.3. The van der Waals surface area contributed by atoms with Gasteiger partial charge in [-0.15, -0.1) is 0 Å². The zero-order valence-corrected chi connectivity index (χ0v) is 24.3. The van der Waals surface area contributed by atoms with Gasteiger partial charge >= 0.3 is 5.97 Å². The molecule has 0 atom stereocenters. The number of carboxylic acids is 1. The number of nitrogens with zero attached hydrogens (tertiary/aromatic N) is 7. The number of Topliss-reactive ketones (excluding diaryl/α,β-unsaturated/α-hetero) is 1. The van der Waals surface area contributed by atoms with E-state index in [4.69, 9.17) is 14.5 Å². The standard InChI is InChI=1S/C28H31N7O6S/c1-17-10-23(32-26-24(17)25(37)21(27(38)39)15-35(26)28-30-16-31-42-28)34-13-18(14-34)22(36)11-19-4-5-20(12-29-19)33(2)6-7-41-9-8-40-3/h4-5,10,12,15-16,18H,6-9,11,13-14H2,1-3H3,(H,38,39). The molecule has 1 N–H and O–H groups in total. The summed E-state index contributed by atoms with van der Waals surface area (Å²) >= 11 is 1.06. The van der Waals surface area contributed by atoms with Gasteiger partial charge in [-0.1, -0.05) is 0 Å². The number of ether oxygens (including phenoxy) is 2. The quantitative estimate of drug-likeness (QED) is 0.226. The SMILES string of the molecule is COCCOCCN(C)c1ccc(CC(=O)C2CN(c3cc(C)c4c(=O)c(C(=O)O)cn(-c5ncns5)c4n3)C2)nc1. The van der Waals surface area contributed by atoms with E-state index in [2.05, 4.69) is 14.3 Å². The lowest BCUT2D eigenvalue weighted by atomic mass is 9.92. The molecule has 0 aromatic carbocycles. The van der Waals surface area contributed by atoms with Crippen LogP contribution in [0.2, 0.25) is 0 Å². The summed E-state index contributed by atoms with van der Waals surface area (Å²) in [5.74, 6) is -0.801. The van der Waals surface area contributed by atoms with Gasteiger partial charge in [0.05, 0.1) is 43.0 Å². The first-order valence-corrected chi connectivity index (χ1v) is 14.1. The number of hydrogen-bond donors (Lipinski definition) is 1. The van der Waals surface area contributed by atoms with Crippen molar-refractivity contribution in [2.24, 2.45) is 5.92 Å². The molecule has 4 aromatic heterocycles. The van der Waals surface area contributed by atoms with Crippen LogP contribution >= 0.6 is 11.5 Å². The van der Waals surface area contributed by atoms with Crippen molar-refractivity contribution in [2.45, 2.75) is 13.3 Å². The van der Waals surface area contributed by atoms with E-state index in [0.717, 1.165) is 17.2 Å². The van der Waals surface area contributed by atoms with Crippen molar-refractivity contribution in [3.8, 4) is 5.13 Å². The minimum absolute atomic E-state index is 0.0979. The number of aryl methyl sites for hydroxylation is 1. The number of hydrogen-bond acceptors (Lipinski definition) is 12. The summed E-state index contributed by atoms with van der Waals surface area (Å²) in [7, 11) is 3.60. The molecule has 0 saturated carbocycles. The number of carboxylic acid groups (broad SMARTS) is 1. The van der Waals surface area contributed by atoms with Crippen LogP contribution in [0.1, 0.15) is 21.6 Å². The summed E-state index contributed by atoms with van der Waals surface area (Å²) in [6, 6.07) is 5.57. The van der Waals surface area contributed by atoms with Crippen LogP contribution in [-0.4, -0.2) is 94.4 Å². The molecule has 0 bridgehead atoms. The maximum absolute atomic E-state index is 13.0. The number of rotatable bonds is 13. The summed E-state index contributed by atoms with van der Waals surface area (Å²) < 4.78 is 16.0. The molecule has 13 nitrogen and oxygen atoms in total. The zero-order valence-electron chi connectivity index (χ0n) is 23.5. The Morgan fingerprint density at radius 2 is 2.00 bits per heavy atom. The molecule has 1 aliphatic rings. The molecule has 0 aliphatic carbocycles. The average Bonchev–Trinajstić information content (AvgIpc) is 3.47. The molecule has 1 aliphatic heterocycles. The molecule has 5 rings (SSSR count). The van der Waals surface area contributed by atoms with Crippen LogP contribution in [0.3, 0.4) is 0 Å². The van der Waals surface area contributed by atoms with Crippen molar-refractivity contribution in [2.75, 3.05) is 63.4 Å². The molecule has 1 saturated heterocycles. The molecule has 4 aromatic rings. The van der Waals surface area contributed by atoms with E-state index in [1.54, 1.807) is 26.3 Å². The van der Waals surface area contributed by atoms with Gasteiger partial charge in [-0.25, -0.2) is 14.8 Å². The predicted octanol–water partition coefficient (Wildman–Crippen LogP) is 1.99. The van der Waals surface area contributed by atoms with Gasteiger partial charge in [-0.2, -0.15) is 4.37 Å². The number of ketones is 1. The summed E-state index contributed by atoms with van der Waals surface area (Å²) in [5.41, 5.74) is 1.56. The van der Waals surface area contributed by atoms with Gasteiger partial charge in [0.15, 0.2) is 5.65 Å². The third-order valence-electron chi connectivity index (χ3n) is 7.20. The van der Waals surface area contributed by atoms with Crippen LogP contribution in [0.15, 0.2) is 41.7 Å². The molecule has 0 amide bonds. The van der Waals surface area contributed by atoms with Gasteiger partial charge in [0, 0.05) is 63.6 Å². The topological polar surface area (TPSA) is 153 Å². The van der Waals surface area contributed by atoms with Crippen LogP contribution in [0.25, 0.3) is 16.2 Å². The molecule has 220 valence electrons. The number of methoxy groups -OCH3 is 1. The van der Waals surface area contributed by atoms with Gasteiger partial charge in [-0.3, -0.25) is 19.1 Å². The zero-order chi connectivity index (χ0) is 29.8. The van der Waals surface area contributed by atoms with Crippen molar-refractivity contribution >= 4 is 45.8 Å². The van der Waals surface area contributed by atoms with Crippen LogP contribution in [0.4, 0.5) is 11.5 Å². The summed E-state index contributed by atoms with van der Waals surface area (Å²) in [5, 5.41) is 10.2. The van der Waals surface area contributed by atoms with E-state index < -0.39 is 11.4 Å². The lowest BCUT2D eigenvalue weighted by Gasteiger charge is -2.39. The Kier molecular flexibility index (Phi) is 8.85.